The van der Waals surface area contributed by atoms with E-state index in [4.69, 9.17) is 38.0 Å². The van der Waals surface area contributed by atoms with Crippen molar-refractivity contribution in [3.63, 3.8) is 0 Å². The molecule has 1 amide bonds. The largest absolute Gasteiger partial charge is 0.478 e. The molecule has 200 valence electrons. The van der Waals surface area contributed by atoms with Crippen LogP contribution in [0.2, 0.25) is 10.0 Å². The van der Waals surface area contributed by atoms with Gasteiger partial charge in [0.15, 0.2) is 5.13 Å². The van der Waals surface area contributed by atoms with Gasteiger partial charge in [0.25, 0.3) is 5.91 Å². The van der Waals surface area contributed by atoms with Gasteiger partial charge in [0.1, 0.15) is 0 Å². The lowest BCUT2D eigenvalue weighted by atomic mass is 9.87. The minimum Gasteiger partial charge on any atom is -0.478 e. The van der Waals surface area contributed by atoms with Crippen molar-refractivity contribution in [2.45, 2.75) is 59.0 Å². The number of aryl methyl sites for hydroxylation is 2. The van der Waals surface area contributed by atoms with E-state index in [1.54, 1.807) is 0 Å². The molecule has 1 aliphatic rings. The molecule has 9 heteroatoms. The van der Waals surface area contributed by atoms with Crippen LogP contribution in [-0.4, -0.2) is 34.7 Å². The topological polar surface area (TPSA) is 88.5 Å². The summed E-state index contributed by atoms with van der Waals surface area (Å²) in [6.45, 7) is 6.37. The van der Waals surface area contributed by atoms with Crippen LogP contribution in [0.15, 0.2) is 35.9 Å². The van der Waals surface area contributed by atoms with Gasteiger partial charge in [0.05, 0.1) is 21.8 Å². The molecule has 1 unspecified atom stereocenters. The van der Waals surface area contributed by atoms with Crippen molar-refractivity contribution < 1.29 is 19.4 Å². The first-order valence-electron chi connectivity index (χ1n) is 12.7. The molecule has 6 nitrogen and oxygen atoms in total. The molecular weight excluding hydrogens is 543 g/mol. The average Bonchev–Trinajstić information content (AvgIpc) is 3.31. The monoisotopic (exact) mass is 572 g/mol. The number of carbonyl (C=O) groups is 2. The number of rotatable bonds is 10. The number of hydrogen-bond donors (Lipinski definition) is 2. The molecule has 1 heterocycles. The van der Waals surface area contributed by atoms with Crippen LogP contribution >= 0.6 is 34.5 Å². The van der Waals surface area contributed by atoms with Crippen molar-refractivity contribution in [1.29, 1.82) is 0 Å². The summed E-state index contributed by atoms with van der Waals surface area (Å²) in [5.41, 5.74) is 5.42. The quantitative estimate of drug-likeness (QED) is 0.243. The van der Waals surface area contributed by atoms with E-state index in [-0.39, 0.29) is 33.2 Å². The highest BCUT2D eigenvalue weighted by molar-refractivity contribution is 7.16. The zero-order valence-electron chi connectivity index (χ0n) is 21.6. The molecular formula is C29H30Cl2N2O4S. The van der Waals surface area contributed by atoms with E-state index in [9.17, 15) is 9.59 Å². The first-order valence-corrected chi connectivity index (χ1v) is 14.2. The van der Waals surface area contributed by atoms with Crippen LogP contribution in [0.5, 0.6) is 0 Å². The molecule has 1 aliphatic carbocycles. The van der Waals surface area contributed by atoms with E-state index in [0.29, 0.717) is 10.7 Å². The fraction of sp³-hybridized carbons (Fsp3) is 0.345. The normalized spacial score (nSPS) is 13.6. The Bertz CT molecular complexity index is 1380. The number of amides is 1. The molecule has 1 atom stereocenters. The van der Waals surface area contributed by atoms with Gasteiger partial charge >= 0.3 is 5.97 Å². The molecule has 4 rings (SSSR count). The number of benzene rings is 2. The second kappa shape index (κ2) is 12.4. The smallest absolute Gasteiger partial charge is 0.331 e. The lowest BCUT2D eigenvalue weighted by molar-refractivity contribution is -0.132. The Kier molecular flexibility index (Phi) is 9.26. The number of carboxylic acid groups (broad SMARTS) is 1. The number of nitrogens with zero attached hydrogens (tertiary/aromatic N) is 1. The standard InChI is InChI=1S/C29H30Cl2N2O4S/c1-4-19(37-5-2)10-9-17-7-6-8-21-20(17)11-12-25-26(21)32-29(38-25)33-27(34)18-14-23(30)22(24(31)15-18)13-16(3)28(35)36/h6-8,13-15,19H,4-5,9-12H2,1-3H3,(H,35,36)(H,32,33,34). The molecule has 3 aromatic rings. The van der Waals surface area contributed by atoms with E-state index in [1.165, 1.54) is 47.6 Å². The third kappa shape index (κ3) is 6.29. The summed E-state index contributed by atoms with van der Waals surface area (Å²) in [5, 5.41) is 12.9. The van der Waals surface area contributed by atoms with E-state index in [2.05, 4.69) is 30.4 Å². The van der Waals surface area contributed by atoms with Crippen molar-refractivity contribution >= 4 is 57.6 Å². The van der Waals surface area contributed by atoms with Gasteiger partial charge in [0, 0.05) is 33.7 Å². The van der Waals surface area contributed by atoms with Crippen molar-refractivity contribution in [1.82, 2.24) is 4.98 Å². The molecule has 1 aromatic heterocycles. The minimum absolute atomic E-state index is 0.0854. The molecule has 0 fully saturated rings. The average molecular weight is 574 g/mol. The Balaban J connectivity index is 1.53. The third-order valence-corrected chi connectivity index (χ3v) is 8.34. The number of aromatic nitrogens is 1. The highest BCUT2D eigenvalue weighted by Crippen LogP contribution is 2.40. The van der Waals surface area contributed by atoms with Crippen LogP contribution in [-0.2, 0) is 28.8 Å². The molecule has 2 aromatic carbocycles. The SMILES string of the molecule is CCOC(CC)CCc1cccc2c1CCc1sc(NC(=O)c3cc(Cl)c(C=C(C)C(=O)O)c(Cl)c3)nc1-2. The number of halogens is 2. The first-order chi connectivity index (χ1) is 18.2. The van der Waals surface area contributed by atoms with Gasteiger partial charge in [-0.1, -0.05) is 48.3 Å². The van der Waals surface area contributed by atoms with Gasteiger partial charge in [-0.15, -0.1) is 11.3 Å². The summed E-state index contributed by atoms with van der Waals surface area (Å²) in [6, 6.07) is 9.33. The van der Waals surface area contributed by atoms with Crippen LogP contribution < -0.4 is 5.32 Å². The number of nitrogens with one attached hydrogen (secondary N) is 1. The van der Waals surface area contributed by atoms with E-state index >= 15 is 0 Å². The molecule has 0 spiro atoms. The van der Waals surface area contributed by atoms with E-state index in [1.807, 2.05) is 6.92 Å². The number of hydrogen-bond acceptors (Lipinski definition) is 5. The zero-order valence-corrected chi connectivity index (χ0v) is 23.9. The predicted octanol–water partition coefficient (Wildman–Crippen LogP) is 7.70. The van der Waals surface area contributed by atoms with Crippen LogP contribution in [0.1, 0.15) is 65.5 Å². The van der Waals surface area contributed by atoms with Crippen LogP contribution in [0.25, 0.3) is 17.3 Å². The Labute approximate surface area is 236 Å². The Morgan fingerprint density at radius 2 is 1.95 bits per heavy atom. The summed E-state index contributed by atoms with van der Waals surface area (Å²) in [7, 11) is 0. The number of fused-ring (bicyclic) bond motifs is 3. The van der Waals surface area contributed by atoms with Gasteiger partial charge < -0.3 is 9.84 Å². The van der Waals surface area contributed by atoms with Crippen LogP contribution in [0.4, 0.5) is 5.13 Å². The molecule has 2 N–H and O–H groups in total. The van der Waals surface area contributed by atoms with E-state index < -0.39 is 5.97 Å². The maximum atomic E-state index is 13.0. The van der Waals surface area contributed by atoms with Crippen molar-refractivity contribution in [3.8, 4) is 11.3 Å². The number of thiazole rings is 1. The maximum absolute atomic E-state index is 13.0. The molecule has 0 aliphatic heterocycles. The molecule has 0 saturated carbocycles. The second-order valence-corrected chi connectivity index (χ2v) is 11.1. The predicted molar refractivity (Wildman–Crippen MR) is 155 cm³/mol. The van der Waals surface area contributed by atoms with Crippen LogP contribution in [0.3, 0.4) is 0 Å². The number of aliphatic carboxylic acids is 1. The number of ether oxygens (including phenoxy) is 1. The Morgan fingerprint density at radius 1 is 1.21 bits per heavy atom. The van der Waals surface area contributed by atoms with Crippen molar-refractivity contribution in [2.75, 3.05) is 11.9 Å². The second-order valence-electron chi connectivity index (χ2n) is 9.20. The lowest BCUT2D eigenvalue weighted by Gasteiger charge is -2.20. The Morgan fingerprint density at radius 3 is 2.61 bits per heavy atom. The maximum Gasteiger partial charge on any atom is 0.331 e. The van der Waals surface area contributed by atoms with Crippen molar-refractivity contribution in [3.05, 3.63) is 73.1 Å². The molecule has 0 bridgehead atoms. The summed E-state index contributed by atoms with van der Waals surface area (Å²) in [4.78, 5) is 30.1. The molecule has 0 radical (unpaired) electrons. The summed E-state index contributed by atoms with van der Waals surface area (Å²) < 4.78 is 5.84. The highest BCUT2D eigenvalue weighted by Gasteiger charge is 2.24. The first kappa shape index (κ1) is 28.3. The number of carboxylic acids is 1. The lowest BCUT2D eigenvalue weighted by Crippen LogP contribution is -2.14. The highest BCUT2D eigenvalue weighted by atomic mass is 35.5. The van der Waals surface area contributed by atoms with Gasteiger partial charge in [0.2, 0.25) is 0 Å². The number of carbonyl (C=O) groups excluding carboxylic acids is 1. The fourth-order valence-electron chi connectivity index (χ4n) is 4.67. The Hall–Kier alpha value is -2.71. The third-order valence-electron chi connectivity index (χ3n) is 6.68. The van der Waals surface area contributed by atoms with E-state index in [0.717, 1.165) is 54.8 Å². The molecule has 38 heavy (non-hydrogen) atoms. The summed E-state index contributed by atoms with van der Waals surface area (Å²) in [6.07, 6.45) is 6.41. The van der Waals surface area contributed by atoms with Crippen molar-refractivity contribution in [2.24, 2.45) is 0 Å². The minimum atomic E-state index is -1.07. The fourth-order valence-corrected chi connectivity index (χ4v) is 6.23. The number of anilines is 1. The van der Waals surface area contributed by atoms with Gasteiger partial charge in [-0.25, -0.2) is 9.78 Å². The van der Waals surface area contributed by atoms with Gasteiger partial charge in [-0.05, 0) is 75.3 Å². The van der Waals surface area contributed by atoms with Gasteiger partial charge in [-0.2, -0.15) is 0 Å². The van der Waals surface area contributed by atoms with Crippen LogP contribution in [0, 0.1) is 0 Å². The van der Waals surface area contributed by atoms with Gasteiger partial charge in [-0.3, -0.25) is 10.1 Å². The zero-order chi connectivity index (χ0) is 27.4. The summed E-state index contributed by atoms with van der Waals surface area (Å²) in [5.74, 6) is -1.46. The summed E-state index contributed by atoms with van der Waals surface area (Å²) >= 11 is 14.1. The molecule has 0 saturated heterocycles.